The molecule has 0 unspecified atom stereocenters. The van der Waals surface area contributed by atoms with Gasteiger partial charge in [-0.1, -0.05) is 0 Å². The Bertz CT molecular complexity index is 618. The molecular formula is C14H16N2O6. The third kappa shape index (κ3) is 2.63. The van der Waals surface area contributed by atoms with Crippen LogP contribution in [0.5, 0.6) is 5.88 Å². The van der Waals surface area contributed by atoms with Crippen LogP contribution in [0.4, 0.5) is 5.69 Å². The van der Waals surface area contributed by atoms with Gasteiger partial charge in [-0.25, -0.2) is 4.98 Å². The number of ketones is 1. The fraction of sp³-hybridized carbons (Fsp3) is 0.500. The number of esters is 1. The first-order chi connectivity index (χ1) is 10.4. The minimum Gasteiger partial charge on any atom is -0.481 e. The van der Waals surface area contributed by atoms with Gasteiger partial charge in [0.15, 0.2) is 0 Å². The summed E-state index contributed by atoms with van der Waals surface area (Å²) < 4.78 is 9.84. The van der Waals surface area contributed by atoms with Crippen LogP contribution in [0.15, 0.2) is 12.1 Å². The van der Waals surface area contributed by atoms with Crippen LogP contribution in [0.3, 0.4) is 0 Å². The molecule has 1 aromatic heterocycles. The predicted octanol–water partition coefficient (Wildman–Crippen LogP) is 1.55. The van der Waals surface area contributed by atoms with Crippen LogP contribution < -0.4 is 4.74 Å². The fourth-order valence-corrected chi connectivity index (χ4v) is 2.74. The summed E-state index contributed by atoms with van der Waals surface area (Å²) in [5, 5.41) is 11.3. The van der Waals surface area contributed by atoms with Crippen LogP contribution in [-0.2, 0) is 19.7 Å². The lowest BCUT2D eigenvalue weighted by atomic mass is 9.70. The van der Waals surface area contributed by atoms with Crippen molar-refractivity contribution in [3.63, 3.8) is 0 Å². The van der Waals surface area contributed by atoms with E-state index in [-0.39, 0.29) is 48.7 Å². The summed E-state index contributed by atoms with van der Waals surface area (Å²) in [6, 6.07) is 2.61. The van der Waals surface area contributed by atoms with E-state index in [2.05, 4.69) is 4.98 Å². The SMILES string of the molecule is COC(=O)C1(c2nc(OC)ccc2[N+](=O)[O-])CCC(=O)CC1. The van der Waals surface area contributed by atoms with Gasteiger partial charge < -0.3 is 9.47 Å². The van der Waals surface area contributed by atoms with E-state index in [1.807, 2.05) is 0 Å². The summed E-state index contributed by atoms with van der Waals surface area (Å²) in [4.78, 5) is 38.7. The summed E-state index contributed by atoms with van der Waals surface area (Å²) in [7, 11) is 2.60. The van der Waals surface area contributed by atoms with Gasteiger partial charge in [0.05, 0.1) is 19.1 Å². The number of carbonyl (C=O) groups excluding carboxylic acids is 2. The van der Waals surface area contributed by atoms with Crippen molar-refractivity contribution >= 4 is 17.4 Å². The van der Waals surface area contributed by atoms with Gasteiger partial charge in [0, 0.05) is 25.0 Å². The first-order valence-electron chi connectivity index (χ1n) is 6.74. The van der Waals surface area contributed by atoms with Crippen LogP contribution in [0.2, 0.25) is 0 Å². The fourth-order valence-electron chi connectivity index (χ4n) is 2.74. The zero-order valence-corrected chi connectivity index (χ0v) is 12.3. The monoisotopic (exact) mass is 308 g/mol. The molecule has 0 radical (unpaired) electrons. The Kier molecular flexibility index (Phi) is 4.39. The highest BCUT2D eigenvalue weighted by atomic mass is 16.6. The molecule has 1 fully saturated rings. The molecule has 0 spiro atoms. The molecule has 0 amide bonds. The lowest BCUT2D eigenvalue weighted by Gasteiger charge is -2.32. The Labute approximate surface area is 126 Å². The minimum absolute atomic E-state index is 0.00352. The molecule has 1 aliphatic rings. The van der Waals surface area contributed by atoms with E-state index in [4.69, 9.17) is 9.47 Å². The second kappa shape index (κ2) is 6.08. The molecule has 8 heteroatoms. The van der Waals surface area contributed by atoms with Crippen molar-refractivity contribution < 1.29 is 24.0 Å². The van der Waals surface area contributed by atoms with Crippen molar-refractivity contribution in [3.8, 4) is 5.88 Å². The van der Waals surface area contributed by atoms with E-state index in [9.17, 15) is 19.7 Å². The van der Waals surface area contributed by atoms with Crippen molar-refractivity contribution in [2.45, 2.75) is 31.1 Å². The van der Waals surface area contributed by atoms with E-state index < -0.39 is 16.3 Å². The molecular weight excluding hydrogens is 292 g/mol. The van der Waals surface area contributed by atoms with E-state index in [0.29, 0.717) is 0 Å². The number of nitrogens with zero attached hydrogens (tertiary/aromatic N) is 2. The van der Waals surface area contributed by atoms with Crippen molar-refractivity contribution in [3.05, 3.63) is 27.9 Å². The third-order valence-corrected chi connectivity index (χ3v) is 3.94. The lowest BCUT2D eigenvalue weighted by Crippen LogP contribution is -2.42. The Morgan fingerprint density at radius 2 is 1.95 bits per heavy atom. The largest absolute Gasteiger partial charge is 0.481 e. The molecule has 118 valence electrons. The number of Topliss-reactive ketones (excluding diaryl/α,β-unsaturated/α-hetero) is 1. The average Bonchev–Trinajstić information content (AvgIpc) is 2.54. The molecule has 2 rings (SSSR count). The quantitative estimate of drug-likeness (QED) is 0.471. The molecule has 0 aromatic carbocycles. The third-order valence-electron chi connectivity index (χ3n) is 3.94. The first kappa shape index (κ1) is 15.9. The maximum Gasteiger partial charge on any atom is 0.318 e. The van der Waals surface area contributed by atoms with Gasteiger partial charge in [0.1, 0.15) is 16.9 Å². The van der Waals surface area contributed by atoms with Gasteiger partial charge in [0.2, 0.25) is 5.88 Å². The van der Waals surface area contributed by atoms with Gasteiger partial charge in [0.25, 0.3) is 5.69 Å². The highest BCUT2D eigenvalue weighted by Gasteiger charge is 2.49. The van der Waals surface area contributed by atoms with Gasteiger partial charge in [-0.3, -0.25) is 19.7 Å². The molecule has 1 aromatic rings. The zero-order chi connectivity index (χ0) is 16.3. The maximum atomic E-state index is 12.3. The van der Waals surface area contributed by atoms with Crippen LogP contribution in [0.1, 0.15) is 31.4 Å². The summed E-state index contributed by atoms with van der Waals surface area (Å²) in [5.74, 6) is -0.435. The second-order valence-corrected chi connectivity index (χ2v) is 5.09. The topological polar surface area (TPSA) is 109 Å². The summed E-state index contributed by atoms with van der Waals surface area (Å²) in [6.07, 6.45) is 0.593. The predicted molar refractivity (Wildman–Crippen MR) is 74.6 cm³/mol. The summed E-state index contributed by atoms with van der Waals surface area (Å²) in [6.45, 7) is 0. The Morgan fingerprint density at radius 3 is 2.45 bits per heavy atom. The second-order valence-electron chi connectivity index (χ2n) is 5.09. The van der Waals surface area contributed by atoms with E-state index in [1.165, 1.54) is 26.4 Å². The number of ether oxygens (including phenoxy) is 2. The van der Waals surface area contributed by atoms with Crippen molar-refractivity contribution in [2.75, 3.05) is 14.2 Å². The summed E-state index contributed by atoms with van der Waals surface area (Å²) >= 11 is 0. The highest BCUT2D eigenvalue weighted by molar-refractivity contribution is 5.89. The molecule has 22 heavy (non-hydrogen) atoms. The standard InChI is InChI=1S/C14H16N2O6/c1-21-11-4-3-10(16(19)20)12(15-11)14(13(18)22-2)7-5-9(17)6-8-14/h3-4H,5-8H2,1-2H3. The highest BCUT2D eigenvalue weighted by Crippen LogP contribution is 2.42. The van der Waals surface area contributed by atoms with Crippen molar-refractivity contribution in [1.29, 1.82) is 0 Å². The normalized spacial score (nSPS) is 16.9. The van der Waals surface area contributed by atoms with Gasteiger partial charge >= 0.3 is 5.97 Å². The van der Waals surface area contributed by atoms with E-state index in [0.717, 1.165) is 0 Å². The molecule has 8 nitrogen and oxygen atoms in total. The van der Waals surface area contributed by atoms with Gasteiger partial charge in [-0.2, -0.15) is 0 Å². The molecule has 0 aliphatic heterocycles. The molecule has 0 atom stereocenters. The van der Waals surface area contributed by atoms with E-state index in [1.54, 1.807) is 0 Å². The van der Waals surface area contributed by atoms with Crippen LogP contribution in [0.25, 0.3) is 0 Å². The Balaban J connectivity index is 2.63. The van der Waals surface area contributed by atoms with Crippen molar-refractivity contribution in [1.82, 2.24) is 4.98 Å². The number of carbonyl (C=O) groups is 2. The molecule has 0 saturated heterocycles. The number of aromatic nitrogens is 1. The average molecular weight is 308 g/mol. The van der Waals surface area contributed by atoms with Crippen LogP contribution in [-0.4, -0.2) is 35.9 Å². The summed E-state index contributed by atoms with van der Waals surface area (Å²) in [5.41, 5.74) is -1.57. The first-order valence-corrected chi connectivity index (χ1v) is 6.74. The van der Waals surface area contributed by atoms with Crippen molar-refractivity contribution in [2.24, 2.45) is 0 Å². The lowest BCUT2D eigenvalue weighted by molar-refractivity contribution is -0.386. The Morgan fingerprint density at radius 1 is 1.32 bits per heavy atom. The molecule has 1 aliphatic carbocycles. The zero-order valence-electron chi connectivity index (χ0n) is 12.3. The number of rotatable bonds is 4. The van der Waals surface area contributed by atoms with Gasteiger partial charge in [-0.15, -0.1) is 0 Å². The molecule has 0 bridgehead atoms. The van der Waals surface area contributed by atoms with Gasteiger partial charge in [-0.05, 0) is 12.8 Å². The van der Waals surface area contributed by atoms with Crippen LogP contribution in [0, 0.1) is 10.1 Å². The number of methoxy groups -OCH3 is 2. The Hall–Kier alpha value is -2.51. The van der Waals surface area contributed by atoms with E-state index >= 15 is 0 Å². The number of pyridine rings is 1. The number of hydrogen-bond donors (Lipinski definition) is 0. The maximum absolute atomic E-state index is 12.3. The number of hydrogen-bond acceptors (Lipinski definition) is 7. The number of nitro groups is 1. The molecule has 1 heterocycles. The minimum atomic E-state index is -1.29. The molecule has 1 saturated carbocycles. The van der Waals surface area contributed by atoms with Crippen LogP contribution >= 0.6 is 0 Å². The molecule has 0 N–H and O–H groups in total. The smallest absolute Gasteiger partial charge is 0.318 e.